The van der Waals surface area contributed by atoms with Crippen LogP contribution in [0.25, 0.3) is 0 Å². The monoisotopic (exact) mass is 259 g/mol. The van der Waals surface area contributed by atoms with Crippen molar-refractivity contribution in [3.63, 3.8) is 0 Å². The van der Waals surface area contributed by atoms with Gasteiger partial charge in [-0.15, -0.1) is 0 Å². The Bertz CT molecular complexity index is 433. The number of amides is 1. The molecule has 0 bridgehead atoms. The lowest BCUT2D eigenvalue weighted by Gasteiger charge is -2.18. The van der Waals surface area contributed by atoms with Crippen LogP contribution >= 0.6 is 0 Å². The molecule has 1 amide bonds. The third kappa shape index (κ3) is 4.05. The number of hydrogen-bond acceptors (Lipinski definition) is 1. The van der Waals surface area contributed by atoms with Gasteiger partial charge in [0.05, 0.1) is 5.56 Å². The van der Waals surface area contributed by atoms with Crippen LogP contribution in [0.2, 0.25) is 0 Å². The maximum absolute atomic E-state index is 12.5. The van der Waals surface area contributed by atoms with Crippen molar-refractivity contribution in [2.45, 2.75) is 33.5 Å². The zero-order valence-corrected chi connectivity index (χ0v) is 10.6. The zero-order valence-electron chi connectivity index (χ0n) is 10.6. The number of carbonyl (C=O) groups is 1. The van der Waals surface area contributed by atoms with Gasteiger partial charge in [-0.05, 0) is 17.7 Å². The van der Waals surface area contributed by atoms with Crippen LogP contribution in [0.15, 0.2) is 24.3 Å². The third-order valence-corrected chi connectivity index (χ3v) is 2.39. The molecule has 2 nitrogen and oxygen atoms in total. The summed E-state index contributed by atoms with van der Waals surface area (Å²) in [5, 5.41) is 2.61. The van der Waals surface area contributed by atoms with E-state index in [1.807, 2.05) is 0 Å². The van der Waals surface area contributed by atoms with E-state index in [1.165, 1.54) is 6.07 Å². The summed E-state index contributed by atoms with van der Waals surface area (Å²) in [5.41, 5.74) is -0.825. The maximum atomic E-state index is 12.5. The second-order valence-electron chi connectivity index (χ2n) is 5.13. The first kappa shape index (κ1) is 14.5. The van der Waals surface area contributed by atoms with Gasteiger partial charge in [0.2, 0.25) is 5.91 Å². The molecule has 0 saturated heterocycles. The first-order valence-electron chi connectivity index (χ1n) is 5.55. The Hall–Kier alpha value is -1.52. The zero-order chi connectivity index (χ0) is 14.0. The van der Waals surface area contributed by atoms with E-state index in [0.29, 0.717) is 5.56 Å². The van der Waals surface area contributed by atoms with Gasteiger partial charge in [0.25, 0.3) is 0 Å². The molecule has 1 aromatic carbocycles. The average Bonchev–Trinajstić information content (AvgIpc) is 2.23. The Morgan fingerprint density at radius 1 is 1.22 bits per heavy atom. The number of alkyl halides is 3. The topological polar surface area (TPSA) is 29.1 Å². The Kier molecular flexibility index (Phi) is 4.04. The van der Waals surface area contributed by atoms with Gasteiger partial charge in [0, 0.05) is 12.0 Å². The first-order valence-corrected chi connectivity index (χ1v) is 5.55. The predicted octanol–water partition coefficient (Wildman–Crippen LogP) is 3.37. The molecule has 0 spiro atoms. The number of benzene rings is 1. The second kappa shape index (κ2) is 5.00. The SMILES string of the molecule is CC(C)(C)C(=O)NCc1cccc(C(F)(F)F)c1. The van der Waals surface area contributed by atoms with E-state index in [1.54, 1.807) is 26.8 Å². The van der Waals surface area contributed by atoms with Crippen molar-refractivity contribution < 1.29 is 18.0 Å². The highest BCUT2D eigenvalue weighted by atomic mass is 19.4. The summed E-state index contributed by atoms with van der Waals surface area (Å²) in [5.74, 6) is -0.195. The van der Waals surface area contributed by atoms with Crippen LogP contribution in [0.3, 0.4) is 0 Å². The molecule has 0 fully saturated rings. The van der Waals surface area contributed by atoms with E-state index in [9.17, 15) is 18.0 Å². The van der Waals surface area contributed by atoms with Gasteiger partial charge < -0.3 is 5.32 Å². The van der Waals surface area contributed by atoms with Crippen LogP contribution in [0.4, 0.5) is 13.2 Å². The molecule has 1 rings (SSSR count). The fraction of sp³-hybridized carbons (Fsp3) is 0.462. The smallest absolute Gasteiger partial charge is 0.352 e. The summed E-state index contributed by atoms with van der Waals surface area (Å²) in [4.78, 5) is 11.6. The molecule has 0 radical (unpaired) electrons. The highest BCUT2D eigenvalue weighted by Crippen LogP contribution is 2.29. The minimum absolute atomic E-state index is 0.0972. The summed E-state index contributed by atoms with van der Waals surface area (Å²) < 4.78 is 37.4. The van der Waals surface area contributed by atoms with E-state index < -0.39 is 17.2 Å². The van der Waals surface area contributed by atoms with Crippen LogP contribution in [0.5, 0.6) is 0 Å². The molecule has 0 aliphatic rings. The lowest BCUT2D eigenvalue weighted by atomic mass is 9.95. The van der Waals surface area contributed by atoms with E-state index in [0.717, 1.165) is 12.1 Å². The van der Waals surface area contributed by atoms with Gasteiger partial charge in [0.15, 0.2) is 0 Å². The molecule has 0 aliphatic carbocycles. The highest BCUT2D eigenvalue weighted by molar-refractivity contribution is 5.81. The van der Waals surface area contributed by atoms with Gasteiger partial charge in [-0.3, -0.25) is 4.79 Å². The van der Waals surface area contributed by atoms with Crippen molar-refractivity contribution in [1.29, 1.82) is 0 Å². The molecule has 18 heavy (non-hydrogen) atoms. The van der Waals surface area contributed by atoms with Crippen molar-refractivity contribution in [3.8, 4) is 0 Å². The molecule has 0 atom stereocenters. The molecular weight excluding hydrogens is 243 g/mol. The minimum Gasteiger partial charge on any atom is -0.352 e. The molecule has 100 valence electrons. The van der Waals surface area contributed by atoms with Crippen molar-refractivity contribution in [2.24, 2.45) is 5.41 Å². The van der Waals surface area contributed by atoms with Crippen molar-refractivity contribution in [2.75, 3.05) is 0 Å². The number of halogens is 3. The van der Waals surface area contributed by atoms with Crippen molar-refractivity contribution >= 4 is 5.91 Å². The molecule has 1 aromatic rings. The molecular formula is C13H16F3NO. The quantitative estimate of drug-likeness (QED) is 0.866. The van der Waals surface area contributed by atoms with Crippen LogP contribution in [0, 0.1) is 5.41 Å². The van der Waals surface area contributed by atoms with Crippen molar-refractivity contribution in [1.82, 2.24) is 5.32 Å². The normalized spacial score (nSPS) is 12.3. The molecule has 0 heterocycles. The van der Waals surface area contributed by atoms with Crippen LogP contribution in [-0.2, 0) is 17.5 Å². The van der Waals surface area contributed by atoms with Gasteiger partial charge in [-0.1, -0.05) is 32.9 Å². The van der Waals surface area contributed by atoms with Crippen LogP contribution < -0.4 is 5.32 Å². The lowest BCUT2D eigenvalue weighted by molar-refractivity contribution is -0.137. The minimum atomic E-state index is -4.36. The standard InChI is InChI=1S/C13H16F3NO/c1-12(2,3)11(18)17-8-9-5-4-6-10(7-9)13(14,15)16/h4-7H,8H2,1-3H3,(H,17,18). The Labute approximate surface area is 104 Å². The molecule has 0 unspecified atom stereocenters. The van der Waals surface area contributed by atoms with E-state index in [2.05, 4.69) is 5.32 Å². The maximum Gasteiger partial charge on any atom is 0.416 e. The van der Waals surface area contributed by atoms with E-state index >= 15 is 0 Å². The summed E-state index contributed by atoms with van der Waals surface area (Å²) in [6, 6.07) is 4.94. The lowest BCUT2D eigenvalue weighted by Crippen LogP contribution is -2.34. The van der Waals surface area contributed by atoms with Gasteiger partial charge in [0.1, 0.15) is 0 Å². The number of nitrogens with one attached hydrogen (secondary N) is 1. The Morgan fingerprint density at radius 2 is 1.83 bits per heavy atom. The number of carbonyl (C=O) groups excluding carboxylic acids is 1. The van der Waals surface area contributed by atoms with Gasteiger partial charge >= 0.3 is 6.18 Å². The fourth-order valence-electron chi connectivity index (χ4n) is 1.31. The van der Waals surface area contributed by atoms with Gasteiger partial charge in [-0.2, -0.15) is 13.2 Å². The van der Waals surface area contributed by atoms with E-state index in [-0.39, 0.29) is 12.5 Å². The predicted molar refractivity (Wildman–Crippen MR) is 62.7 cm³/mol. The van der Waals surface area contributed by atoms with Gasteiger partial charge in [-0.25, -0.2) is 0 Å². The van der Waals surface area contributed by atoms with E-state index in [4.69, 9.17) is 0 Å². The second-order valence-corrected chi connectivity index (χ2v) is 5.13. The summed E-state index contributed by atoms with van der Waals surface area (Å²) in [6.07, 6.45) is -4.36. The van der Waals surface area contributed by atoms with Crippen LogP contribution in [-0.4, -0.2) is 5.91 Å². The summed E-state index contributed by atoms with van der Waals surface area (Å²) >= 11 is 0. The largest absolute Gasteiger partial charge is 0.416 e. The Morgan fingerprint density at radius 3 is 2.33 bits per heavy atom. The summed E-state index contributed by atoms with van der Waals surface area (Å²) in [7, 11) is 0. The first-order chi connectivity index (χ1) is 8.10. The average molecular weight is 259 g/mol. The number of hydrogen-bond donors (Lipinski definition) is 1. The number of rotatable bonds is 2. The molecule has 0 aromatic heterocycles. The molecule has 5 heteroatoms. The van der Waals surface area contributed by atoms with Crippen LogP contribution in [0.1, 0.15) is 31.9 Å². The third-order valence-electron chi connectivity index (χ3n) is 2.39. The Balaban J connectivity index is 2.73. The van der Waals surface area contributed by atoms with Crippen molar-refractivity contribution in [3.05, 3.63) is 35.4 Å². The molecule has 0 saturated carbocycles. The fourth-order valence-corrected chi connectivity index (χ4v) is 1.31. The highest BCUT2D eigenvalue weighted by Gasteiger charge is 2.30. The molecule has 1 N–H and O–H groups in total. The summed E-state index contributed by atoms with van der Waals surface area (Å²) in [6.45, 7) is 5.33. The molecule has 0 aliphatic heterocycles.